The van der Waals surface area contributed by atoms with Crippen LogP contribution in [0.4, 0.5) is 10.5 Å². The Morgan fingerprint density at radius 3 is 2.21 bits per heavy atom. The Balaban J connectivity index is 1.32. The fraction of sp³-hybridized carbons (Fsp3) is 0.304. The molecule has 2 N–H and O–H groups in total. The molecule has 0 radical (unpaired) electrons. The number of nitrogens with zero attached hydrogens (tertiary/aromatic N) is 2. The predicted molar refractivity (Wildman–Crippen MR) is 137 cm³/mol. The van der Waals surface area contributed by atoms with E-state index < -0.39 is 0 Å². The first-order valence-electron chi connectivity index (χ1n) is 10.5. The number of rotatable bonds is 7. The van der Waals surface area contributed by atoms with E-state index in [1.807, 2.05) is 0 Å². The Morgan fingerprint density at radius 2 is 1.55 bits per heavy atom. The molecule has 3 amide bonds. The van der Waals surface area contributed by atoms with Crippen molar-refractivity contribution in [1.29, 1.82) is 0 Å². The number of hydrogen-bond acceptors (Lipinski definition) is 3. The molecule has 10 heteroatoms. The molecule has 0 spiro atoms. The van der Waals surface area contributed by atoms with Crippen molar-refractivity contribution in [2.24, 2.45) is 0 Å². The number of anilines is 1. The highest BCUT2D eigenvalue weighted by Crippen LogP contribution is 2.25. The molecule has 3 rings (SSSR count). The molecule has 2 aromatic rings. The predicted octanol–water partition coefficient (Wildman–Crippen LogP) is 5.67. The third-order valence-corrected chi connectivity index (χ3v) is 6.63. The number of amides is 3. The van der Waals surface area contributed by atoms with Gasteiger partial charge in [-0.3, -0.25) is 9.69 Å². The van der Waals surface area contributed by atoms with Gasteiger partial charge in [-0.25, -0.2) is 4.79 Å². The number of benzene rings is 2. The monoisotopic (exact) mass is 528 g/mol. The summed E-state index contributed by atoms with van der Waals surface area (Å²) in [7, 11) is 0. The summed E-state index contributed by atoms with van der Waals surface area (Å²) in [4.78, 5) is 28.5. The molecule has 0 aromatic heterocycles. The number of carbonyl (C=O) groups is 2. The highest BCUT2D eigenvalue weighted by atomic mass is 35.5. The lowest BCUT2D eigenvalue weighted by molar-refractivity contribution is -0.116. The summed E-state index contributed by atoms with van der Waals surface area (Å²) in [5, 5.41) is 7.50. The number of piperazine rings is 1. The lowest BCUT2D eigenvalue weighted by Crippen LogP contribution is -2.50. The van der Waals surface area contributed by atoms with Crippen LogP contribution in [0, 0.1) is 0 Å². The van der Waals surface area contributed by atoms with Crippen molar-refractivity contribution in [3.8, 4) is 0 Å². The maximum Gasteiger partial charge on any atom is 0.321 e. The quantitative estimate of drug-likeness (QED) is 0.359. The van der Waals surface area contributed by atoms with E-state index in [4.69, 9.17) is 46.4 Å². The Morgan fingerprint density at radius 1 is 0.879 bits per heavy atom. The van der Waals surface area contributed by atoms with E-state index in [0.29, 0.717) is 45.4 Å². The van der Waals surface area contributed by atoms with E-state index in [9.17, 15) is 9.59 Å². The third-order valence-electron chi connectivity index (χ3n) is 5.15. The molecule has 0 bridgehead atoms. The van der Waals surface area contributed by atoms with E-state index >= 15 is 0 Å². The van der Waals surface area contributed by atoms with Crippen LogP contribution in [0.1, 0.15) is 12.0 Å². The van der Waals surface area contributed by atoms with Crippen LogP contribution in [0.25, 0.3) is 6.08 Å². The number of halogens is 4. The highest BCUT2D eigenvalue weighted by molar-refractivity contribution is 6.42. The SMILES string of the molecule is O=C(/C=C/c1ccc(Cl)c(Cl)c1)NCCCN1CCN(C(=O)Nc2ccc(Cl)c(Cl)c2)CC1. The fourth-order valence-corrected chi connectivity index (χ4v) is 3.92. The molecular formula is C23H24Cl4N4O2. The maximum absolute atomic E-state index is 12.5. The van der Waals surface area contributed by atoms with Gasteiger partial charge in [-0.15, -0.1) is 0 Å². The number of hydrogen-bond donors (Lipinski definition) is 2. The van der Waals surface area contributed by atoms with E-state index in [0.717, 1.165) is 31.6 Å². The minimum atomic E-state index is -0.162. The zero-order chi connectivity index (χ0) is 23.8. The van der Waals surface area contributed by atoms with Crippen LogP contribution in [-0.2, 0) is 4.79 Å². The van der Waals surface area contributed by atoms with Crippen molar-refractivity contribution >= 4 is 70.1 Å². The zero-order valence-electron chi connectivity index (χ0n) is 17.8. The third kappa shape index (κ3) is 8.09. The summed E-state index contributed by atoms with van der Waals surface area (Å²) in [6, 6.07) is 10.0. The van der Waals surface area contributed by atoms with Crippen molar-refractivity contribution in [3.05, 3.63) is 68.1 Å². The van der Waals surface area contributed by atoms with Gasteiger partial charge < -0.3 is 15.5 Å². The van der Waals surface area contributed by atoms with Gasteiger partial charge in [0.05, 0.1) is 20.1 Å². The smallest absolute Gasteiger partial charge is 0.321 e. The van der Waals surface area contributed by atoms with Gasteiger partial charge in [0.1, 0.15) is 0 Å². The first-order valence-corrected chi connectivity index (χ1v) is 12.0. The molecule has 0 aliphatic carbocycles. The van der Waals surface area contributed by atoms with Crippen molar-refractivity contribution in [2.75, 3.05) is 44.6 Å². The number of urea groups is 1. The largest absolute Gasteiger partial charge is 0.353 e. The Hall–Kier alpha value is -1.96. The topological polar surface area (TPSA) is 64.7 Å². The van der Waals surface area contributed by atoms with Crippen molar-refractivity contribution in [1.82, 2.24) is 15.1 Å². The lowest BCUT2D eigenvalue weighted by Gasteiger charge is -2.34. The molecule has 0 atom stereocenters. The molecule has 1 saturated heterocycles. The van der Waals surface area contributed by atoms with Crippen LogP contribution in [0.15, 0.2) is 42.5 Å². The van der Waals surface area contributed by atoms with Gasteiger partial charge in [-0.05, 0) is 54.9 Å². The highest BCUT2D eigenvalue weighted by Gasteiger charge is 2.21. The van der Waals surface area contributed by atoms with Crippen LogP contribution < -0.4 is 10.6 Å². The molecule has 6 nitrogen and oxygen atoms in total. The molecule has 33 heavy (non-hydrogen) atoms. The first-order chi connectivity index (χ1) is 15.8. The van der Waals surface area contributed by atoms with Gasteiger partial charge in [0.25, 0.3) is 0 Å². The number of carbonyl (C=O) groups excluding carboxylic acids is 2. The van der Waals surface area contributed by atoms with Crippen LogP contribution >= 0.6 is 46.4 Å². The molecule has 1 aliphatic heterocycles. The summed E-state index contributed by atoms with van der Waals surface area (Å²) in [6.45, 7) is 4.24. The summed E-state index contributed by atoms with van der Waals surface area (Å²) < 4.78 is 0. The minimum Gasteiger partial charge on any atom is -0.353 e. The van der Waals surface area contributed by atoms with Gasteiger partial charge in [0.15, 0.2) is 0 Å². The summed E-state index contributed by atoms with van der Waals surface area (Å²) in [5.41, 5.74) is 1.42. The zero-order valence-corrected chi connectivity index (χ0v) is 20.8. The average molecular weight is 530 g/mol. The van der Waals surface area contributed by atoms with Crippen LogP contribution in [0.2, 0.25) is 20.1 Å². The molecule has 1 aliphatic rings. The Kier molecular flexibility index (Phi) is 9.71. The number of nitrogens with one attached hydrogen (secondary N) is 2. The van der Waals surface area contributed by atoms with E-state index in [-0.39, 0.29) is 11.9 Å². The minimum absolute atomic E-state index is 0.158. The second-order valence-electron chi connectivity index (χ2n) is 7.54. The van der Waals surface area contributed by atoms with Crippen LogP contribution in [0.5, 0.6) is 0 Å². The van der Waals surface area contributed by atoms with Crippen molar-refractivity contribution in [3.63, 3.8) is 0 Å². The maximum atomic E-state index is 12.5. The summed E-state index contributed by atoms with van der Waals surface area (Å²) >= 11 is 23.8. The average Bonchev–Trinajstić information content (AvgIpc) is 2.80. The second-order valence-corrected chi connectivity index (χ2v) is 9.17. The Labute approximate surface area is 213 Å². The molecule has 0 saturated carbocycles. The van der Waals surface area contributed by atoms with Gasteiger partial charge in [0, 0.05) is 44.5 Å². The summed E-state index contributed by atoms with van der Waals surface area (Å²) in [6.07, 6.45) is 3.99. The van der Waals surface area contributed by atoms with Crippen molar-refractivity contribution in [2.45, 2.75) is 6.42 Å². The summed E-state index contributed by atoms with van der Waals surface area (Å²) in [5.74, 6) is -0.162. The molecule has 176 valence electrons. The van der Waals surface area contributed by atoms with Crippen molar-refractivity contribution < 1.29 is 9.59 Å². The van der Waals surface area contributed by atoms with E-state index in [1.165, 1.54) is 6.08 Å². The van der Waals surface area contributed by atoms with E-state index in [1.54, 1.807) is 47.4 Å². The van der Waals surface area contributed by atoms with Gasteiger partial charge >= 0.3 is 6.03 Å². The lowest BCUT2D eigenvalue weighted by atomic mass is 10.2. The fourth-order valence-electron chi connectivity index (χ4n) is 3.31. The first kappa shape index (κ1) is 25.7. The van der Waals surface area contributed by atoms with Gasteiger partial charge in [-0.1, -0.05) is 52.5 Å². The molecule has 2 aromatic carbocycles. The standard InChI is InChI=1S/C23H24Cl4N4O2/c24-18-5-2-16(14-20(18)26)3-7-22(32)28-8-1-9-30-10-12-31(13-11-30)23(33)29-17-4-6-19(25)21(27)15-17/h2-7,14-15H,1,8-13H2,(H,28,32)(H,29,33)/b7-3+. The molecular weight excluding hydrogens is 506 g/mol. The molecule has 1 heterocycles. The Bertz CT molecular complexity index is 1020. The molecule has 0 unspecified atom stereocenters. The molecule has 1 fully saturated rings. The second kappa shape index (κ2) is 12.5. The van der Waals surface area contributed by atoms with Crippen LogP contribution in [-0.4, -0.2) is 61.0 Å². The normalized spacial score (nSPS) is 14.5. The van der Waals surface area contributed by atoms with Gasteiger partial charge in [-0.2, -0.15) is 0 Å². The van der Waals surface area contributed by atoms with Gasteiger partial charge in [0.2, 0.25) is 5.91 Å². The van der Waals surface area contributed by atoms with Crippen LogP contribution in [0.3, 0.4) is 0 Å². The van der Waals surface area contributed by atoms with E-state index in [2.05, 4.69) is 15.5 Å².